The number of hydrogen-bond donors (Lipinski definition) is 1. The Balaban J connectivity index is 1.44. The smallest absolute Gasteiger partial charge is 0.231 e. The molecule has 2 heterocycles. The number of nitrogens with one attached hydrogen (secondary N) is 1. The lowest BCUT2D eigenvalue weighted by Gasteiger charge is -2.28. The van der Waals surface area contributed by atoms with Crippen LogP contribution in [0.2, 0.25) is 0 Å². The first-order chi connectivity index (χ1) is 12.8. The maximum absolute atomic E-state index is 12.4. The van der Waals surface area contributed by atoms with Crippen LogP contribution >= 0.6 is 0 Å². The van der Waals surface area contributed by atoms with E-state index in [2.05, 4.69) is 22.3 Å². The lowest BCUT2D eigenvalue weighted by molar-refractivity contribution is -0.120. The van der Waals surface area contributed by atoms with Crippen LogP contribution < -0.4 is 14.8 Å². The number of carbonyl (C=O) groups excluding carboxylic acids is 1. The predicted molar refractivity (Wildman–Crippen MR) is 99.3 cm³/mol. The Bertz CT molecular complexity index is 757. The third kappa shape index (κ3) is 3.83. The minimum atomic E-state index is 0.0566. The lowest BCUT2D eigenvalue weighted by Crippen LogP contribution is -2.37. The first-order valence-corrected chi connectivity index (χ1v) is 9.24. The summed E-state index contributed by atoms with van der Waals surface area (Å²) in [6, 6.07) is 16.1. The monoisotopic (exact) mass is 352 g/mol. The Morgan fingerprint density at radius 1 is 1.04 bits per heavy atom. The summed E-state index contributed by atoms with van der Waals surface area (Å²) < 4.78 is 10.9. The summed E-state index contributed by atoms with van der Waals surface area (Å²) in [5, 5.41) is 3.12. The largest absolute Gasteiger partial charge is 0.454 e. The third-order valence-electron chi connectivity index (χ3n) is 5.06. The maximum atomic E-state index is 12.4. The van der Waals surface area contributed by atoms with Gasteiger partial charge in [0, 0.05) is 6.54 Å². The minimum absolute atomic E-state index is 0.0566. The van der Waals surface area contributed by atoms with Crippen molar-refractivity contribution in [3.05, 3.63) is 59.7 Å². The molecule has 0 saturated carbocycles. The molecule has 4 rings (SSSR count). The van der Waals surface area contributed by atoms with Crippen LogP contribution in [-0.2, 0) is 11.2 Å². The van der Waals surface area contributed by atoms with E-state index >= 15 is 0 Å². The van der Waals surface area contributed by atoms with Crippen LogP contribution in [0.25, 0.3) is 0 Å². The second-order valence-electron chi connectivity index (χ2n) is 6.84. The van der Waals surface area contributed by atoms with E-state index in [-0.39, 0.29) is 18.7 Å². The number of hydrogen-bond acceptors (Lipinski definition) is 4. The first kappa shape index (κ1) is 16.9. The van der Waals surface area contributed by atoms with Crippen molar-refractivity contribution in [3.8, 4) is 11.5 Å². The fraction of sp³-hybridized carbons (Fsp3) is 0.381. The van der Waals surface area contributed by atoms with Gasteiger partial charge in [-0.2, -0.15) is 0 Å². The number of benzene rings is 2. The Morgan fingerprint density at radius 2 is 1.81 bits per heavy atom. The van der Waals surface area contributed by atoms with Crippen molar-refractivity contribution >= 4 is 5.91 Å². The zero-order chi connectivity index (χ0) is 17.8. The molecule has 2 aromatic rings. The molecular weight excluding hydrogens is 328 g/mol. The number of amides is 1. The molecule has 0 spiro atoms. The molecule has 2 aromatic carbocycles. The molecule has 0 aliphatic carbocycles. The Labute approximate surface area is 153 Å². The van der Waals surface area contributed by atoms with Gasteiger partial charge < -0.3 is 14.8 Å². The molecule has 0 radical (unpaired) electrons. The standard InChI is InChI=1S/C21H24N2O3/c24-21(12-16-6-2-1-3-7-16)22-14-18(23-10-4-5-11-23)17-8-9-19-20(13-17)26-15-25-19/h1-3,6-9,13,18H,4-5,10-12,14-15H2,(H,22,24)/t18-/m0/s1. The average molecular weight is 352 g/mol. The van der Waals surface area contributed by atoms with Gasteiger partial charge in [0.15, 0.2) is 11.5 Å². The number of ether oxygens (including phenoxy) is 2. The molecule has 1 atom stereocenters. The number of likely N-dealkylation sites (tertiary alicyclic amines) is 1. The summed E-state index contributed by atoms with van der Waals surface area (Å²) in [4.78, 5) is 14.8. The topological polar surface area (TPSA) is 50.8 Å². The highest BCUT2D eigenvalue weighted by Crippen LogP contribution is 2.36. The Morgan fingerprint density at radius 3 is 2.62 bits per heavy atom. The summed E-state index contributed by atoms with van der Waals surface area (Å²) in [6.45, 7) is 3.01. The molecule has 136 valence electrons. The van der Waals surface area contributed by atoms with Gasteiger partial charge in [0.25, 0.3) is 0 Å². The second-order valence-corrected chi connectivity index (χ2v) is 6.84. The average Bonchev–Trinajstić information content (AvgIpc) is 3.34. The summed E-state index contributed by atoms with van der Waals surface area (Å²) in [5.41, 5.74) is 2.20. The molecule has 2 aliphatic rings. The molecule has 0 aromatic heterocycles. The quantitative estimate of drug-likeness (QED) is 0.868. The Hall–Kier alpha value is -2.53. The van der Waals surface area contributed by atoms with Crippen LogP contribution in [0.3, 0.4) is 0 Å². The van der Waals surface area contributed by atoms with E-state index in [0.717, 1.165) is 35.7 Å². The van der Waals surface area contributed by atoms with Crippen LogP contribution in [0.4, 0.5) is 0 Å². The van der Waals surface area contributed by atoms with Crippen LogP contribution in [-0.4, -0.2) is 37.2 Å². The molecular formula is C21H24N2O3. The van der Waals surface area contributed by atoms with Crippen molar-refractivity contribution in [1.29, 1.82) is 0 Å². The predicted octanol–water partition coefficient (Wildman–Crippen LogP) is 2.91. The zero-order valence-corrected chi connectivity index (χ0v) is 14.8. The van der Waals surface area contributed by atoms with Gasteiger partial charge in [-0.3, -0.25) is 9.69 Å². The van der Waals surface area contributed by atoms with Crippen molar-refractivity contribution in [3.63, 3.8) is 0 Å². The van der Waals surface area contributed by atoms with Gasteiger partial charge in [0.1, 0.15) is 0 Å². The molecule has 2 aliphatic heterocycles. The number of carbonyl (C=O) groups is 1. The molecule has 1 saturated heterocycles. The van der Waals surface area contributed by atoms with E-state index < -0.39 is 0 Å². The number of rotatable bonds is 6. The van der Waals surface area contributed by atoms with Crippen LogP contribution in [0.15, 0.2) is 48.5 Å². The lowest BCUT2D eigenvalue weighted by atomic mass is 10.0. The van der Waals surface area contributed by atoms with Crippen molar-refractivity contribution in [2.45, 2.75) is 25.3 Å². The van der Waals surface area contributed by atoms with E-state index in [1.807, 2.05) is 36.4 Å². The van der Waals surface area contributed by atoms with Gasteiger partial charge in [0.05, 0.1) is 12.5 Å². The van der Waals surface area contributed by atoms with Crippen LogP contribution in [0, 0.1) is 0 Å². The highest BCUT2D eigenvalue weighted by Gasteiger charge is 2.26. The number of fused-ring (bicyclic) bond motifs is 1. The van der Waals surface area contributed by atoms with Gasteiger partial charge in [-0.25, -0.2) is 0 Å². The van der Waals surface area contributed by atoms with E-state index in [1.54, 1.807) is 0 Å². The molecule has 1 N–H and O–H groups in total. The molecule has 5 heteroatoms. The molecule has 1 fully saturated rings. The van der Waals surface area contributed by atoms with Crippen LogP contribution in [0.5, 0.6) is 11.5 Å². The van der Waals surface area contributed by atoms with E-state index in [0.29, 0.717) is 13.0 Å². The summed E-state index contributed by atoms with van der Waals surface area (Å²) >= 11 is 0. The maximum Gasteiger partial charge on any atom is 0.231 e. The van der Waals surface area contributed by atoms with Gasteiger partial charge in [-0.15, -0.1) is 0 Å². The van der Waals surface area contributed by atoms with Crippen molar-refractivity contribution in [1.82, 2.24) is 10.2 Å². The Kier molecular flexibility index (Phi) is 5.07. The van der Waals surface area contributed by atoms with Crippen molar-refractivity contribution in [2.75, 3.05) is 26.4 Å². The number of nitrogens with zero attached hydrogens (tertiary/aromatic N) is 1. The normalized spacial score (nSPS) is 17.2. The molecule has 1 amide bonds. The molecule has 5 nitrogen and oxygen atoms in total. The van der Waals surface area contributed by atoms with Crippen molar-refractivity contribution < 1.29 is 14.3 Å². The fourth-order valence-corrected chi connectivity index (χ4v) is 3.69. The van der Waals surface area contributed by atoms with Crippen LogP contribution in [0.1, 0.15) is 30.0 Å². The second kappa shape index (κ2) is 7.79. The fourth-order valence-electron chi connectivity index (χ4n) is 3.69. The summed E-state index contributed by atoms with van der Waals surface area (Å²) in [6.07, 6.45) is 2.83. The summed E-state index contributed by atoms with van der Waals surface area (Å²) in [7, 11) is 0. The first-order valence-electron chi connectivity index (χ1n) is 9.24. The SMILES string of the molecule is O=C(Cc1ccccc1)NC[C@@H](c1ccc2c(c1)OCO2)N1CCCC1. The molecule has 26 heavy (non-hydrogen) atoms. The third-order valence-corrected chi connectivity index (χ3v) is 5.06. The van der Waals surface area contributed by atoms with Crippen molar-refractivity contribution in [2.24, 2.45) is 0 Å². The van der Waals surface area contributed by atoms with Gasteiger partial charge in [0.2, 0.25) is 12.7 Å². The summed E-state index contributed by atoms with van der Waals surface area (Å²) in [5.74, 6) is 1.64. The highest BCUT2D eigenvalue weighted by atomic mass is 16.7. The molecule has 0 unspecified atom stereocenters. The van der Waals surface area contributed by atoms with E-state index in [1.165, 1.54) is 12.8 Å². The highest BCUT2D eigenvalue weighted by molar-refractivity contribution is 5.78. The van der Waals surface area contributed by atoms with E-state index in [4.69, 9.17) is 9.47 Å². The van der Waals surface area contributed by atoms with Gasteiger partial charge in [-0.1, -0.05) is 36.4 Å². The van der Waals surface area contributed by atoms with Gasteiger partial charge >= 0.3 is 0 Å². The van der Waals surface area contributed by atoms with E-state index in [9.17, 15) is 4.79 Å². The minimum Gasteiger partial charge on any atom is -0.454 e. The van der Waals surface area contributed by atoms with Gasteiger partial charge in [-0.05, 0) is 49.2 Å². The zero-order valence-electron chi connectivity index (χ0n) is 14.8. The molecule has 0 bridgehead atoms.